The van der Waals surface area contributed by atoms with Gasteiger partial charge in [0, 0.05) is 11.3 Å². The van der Waals surface area contributed by atoms with Crippen LogP contribution in [0.4, 0.5) is 0 Å². The molecule has 1 saturated carbocycles. The van der Waals surface area contributed by atoms with Gasteiger partial charge in [-0.15, -0.1) is 0 Å². The Morgan fingerprint density at radius 3 is 2.67 bits per heavy atom. The third kappa shape index (κ3) is 4.24. The Kier molecular flexibility index (Phi) is 5.28. The molecule has 4 nitrogen and oxygen atoms in total. The number of nitrogens with one attached hydrogen (secondary N) is 1. The highest BCUT2D eigenvalue weighted by molar-refractivity contribution is 7.97. The SMILES string of the molecule is CSCc1cccc(C(=O)NC2(CC(=O)O)CCCC2)c1. The van der Waals surface area contributed by atoms with Gasteiger partial charge in [-0.2, -0.15) is 11.8 Å². The van der Waals surface area contributed by atoms with E-state index < -0.39 is 11.5 Å². The lowest BCUT2D eigenvalue weighted by Crippen LogP contribution is -2.47. The highest BCUT2D eigenvalue weighted by Crippen LogP contribution is 2.33. The number of carbonyl (C=O) groups is 2. The largest absolute Gasteiger partial charge is 0.481 e. The summed E-state index contributed by atoms with van der Waals surface area (Å²) in [5, 5.41) is 12.1. The third-order valence-corrected chi connectivity index (χ3v) is 4.55. The summed E-state index contributed by atoms with van der Waals surface area (Å²) in [7, 11) is 0. The van der Waals surface area contributed by atoms with Crippen LogP contribution >= 0.6 is 11.8 Å². The normalized spacial score (nSPS) is 16.6. The van der Waals surface area contributed by atoms with E-state index in [4.69, 9.17) is 5.11 Å². The van der Waals surface area contributed by atoms with Gasteiger partial charge in [0.1, 0.15) is 0 Å². The summed E-state index contributed by atoms with van der Waals surface area (Å²) in [5.41, 5.74) is 1.14. The van der Waals surface area contributed by atoms with Gasteiger partial charge in [0.05, 0.1) is 12.0 Å². The van der Waals surface area contributed by atoms with Gasteiger partial charge in [0.2, 0.25) is 0 Å². The molecule has 0 aromatic heterocycles. The van der Waals surface area contributed by atoms with E-state index >= 15 is 0 Å². The van der Waals surface area contributed by atoms with Crippen LogP contribution < -0.4 is 5.32 Å². The second-order valence-corrected chi connectivity index (χ2v) is 6.51. The van der Waals surface area contributed by atoms with Crippen LogP contribution in [0.15, 0.2) is 24.3 Å². The fraction of sp³-hybridized carbons (Fsp3) is 0.500. The van der Waals surface area contributed by atoms with Crippen LogP contribution in [0, 0.1) is 0 Å². The molecule has 0 atom stereocenters. The number of aliphatic carboxylic acids is 1. The average molecular weight is 307 g/mol. The number of hydrogen-bond donors (Lipinski definition) is 2. The molecule has 21 heavy (non-hydrogen) atoms. The minimum absolute atomic E-state index is 0.00322. The minimum Gasteiger partial charge on any atom is -0.481 e. The summed E-state index contributed by atoms with van der Waals surface area (Å²) >= 11 is 1.71. The minimum atomic E-state index is -0.853. The average Bonchev–Trinajstić information content (AvgIpc) is 2.86. The molecule has 0 spiro atoms. The quantitative estimate of drug-likeness (QED) is 0.847. The highest BCUT2D eigenvalue weighted by atomic mass is 32.2. The maximum absolute atomic E-state index is 12.4. The van der Waals surface area contributed by atoms with Crippen LogP contribution in [-0.4, -0.2) is 28.8 Å². The lowest BCUT2D eigenvalue weighted by Gasteiger charge is -2.28. The Hall–Kier alpha value is -1.49. The molecule has 0 heterocycles. The topological polar surface area (TPSA) is 66.4 Å². The van der Waals surface area contributed by atoms with Gasteiger partial charge in [-0.25, -0.2) is 0 Å². The number of rotatable bonds is 6. The maximum atomic E-state index is 12.4. The summed E-state index contributed by atoms with van der Waals surface area (Å²) in [6.45, 7) is 0. The van der Waals surface area contributed by atoms with E-state index in [0.29, 0.717) is 5.56 Å². The molecule has 1 aliphatic carbocycles. The van der Waals surface area contributed by atoms with E-state index in [2.05, 4.69) is 5.32 Å². The van der Waals surface area contributed by atoms with E-state index in [1.807, 2.05) is 24.5 Å². The Labute approximate surface area is 129 Å². The Bertz CT molecular complexity index is 524. The van der Waals surface area contributed by atoms with E-state index in [9.17, 15) is 9.59 Å². The Morgan fingerprint density at radius 2 is 2.05 bits per heavy atom. The van der Waals surface area contributed by atoms with Crippen molar-refractivity contribution in [3.05, 3.63) is 35.4 Å². The van der Waals surface area contributed by atoms with Crippen LogP contribution in [0.25, 0.3) is 0 Å². The van der Waals surface area contributed by atoms with Gasteiger partial charge in [-0.05, 0) is 36.8 Å². The van der Waals surface area contributed by atoms with Crippen LogP contribution in [0.2, 0.25) is 0 Å². The fourth-order valence-electron chi connectivity index (χ4n) is 2.97. The van der Waals surface area contributed by atoms with E-state index in [1.165, 1.54) is 0 Å². The molecule has 0 saturated heterocycles. The van der Waals surface area contributed by atoms with Gasteiger partial charge in [0.25, 0.3) is 5.91 Å². The summed E-state index contributed by atoms with van der Waals surface area (Å²) in [6, 6.07) is 7.53. The van der Waals surface area contributed by atoms with E-state index in [1.54, 1.807) is 17.8 Å². The van der Waals surface area contributed by atoms with Crippen LogP contribution in [0.5, 0.6) is 0 Å². The van der Waals surface area contributed by atoms with Crippen molar-refractivity contribution >= 4 is 23.6 Å². The first-order valence-corrected chi connectivity index (χ1v) is 8.56. The Morgan fingerprint density at radius 1 is 1.33 bits per heavy atom. The second kappa shape index (κ2) is 6.98. The third-order valence-electron chi connectivity index (χ3n) is 3.93. The first-order chi connectivity index (χ1) is 10.0. The fourth-order valence-corrected chi connectivity index (χ4v) is 3.48. The molecule has 1 aliphatic rings. The van der Waals surface area contributed by atoms with Gasteiger partial charge in [-0.3, -0.25) is 9.59 Å². The standard InChI is InChI=1S/C16H21NO3S/c1-21-11-12-5-4-6-13(9-12)15(20)17-16(10-14(18)19)7-2-3-8-16/h4-6,9H,2-3,7-8,10-11H2,1H3,(H,17,20)(H,18,19). The summed E-state index contributed by atoms with van der Waals surface area (Å²) in [6.07, 6.45) is 5.46. The number of carboxylic acids is 1. The smallest absolute Gasteiger partial charge is 0.305 e. The maximum Gasteiger partial charge on any atom is 0.305 e. The number of thioether (sulfide) groups is 1. The molecular formula is C16H21NO3S. The predicted octanol–water partition coefficient (Wildman–Crippen LogP) is 3.07. The van der Waals surface area contributed by atoms with Gasteiger partial charge in [0.15, 0.2) is 0 Å². The molecule has 1 aromatic rings. The Balaban J connectivity index is 2.11. The highest BCUT2D eigenvalue weighted by Gasteiger charge is 2.37. The molecule has 0 radical (unpaired) electrons. The lowest BCUT2D eigenvalue weighted by atomic mass is 9.92. The molecule has 114 valence electrons. The van der Waals surface area contributed by atoms with Crippen molar-refractivity contribution in [2.24, 2.45) is 0 Å². The van der Waals surface area contributed by atoms with Crippen molar-refractivity contribution in [1.29, 1.82) is 0 Å². The van der Waals surface area contributed by atoms with Crippen molar-refractivity contribution in [2.75, 3.05) is 6.26 Å². The van der Waals surface area contributed by atoms with Crippen LogP contribution in [0.3, 0.4) is 0 Å². The van der Waals surface area contributed by atoms with Crippen molar-refractivity contribution < 1.29 is 14.7 Å². The summed E-state index contributed by atoms with van der Waals surface area (Å²) < 4.78 is 0. The molecule has 0 bridgehead atoms. The molecule has 0 unspecified atom stereocenters. The number of carboxylic acid groups (broad SMARTS) is 1. The zero-order chi connectivity index (χ0) is 15.3. The molecule has 2 rings (SSSR count). The number of hydrogen-bond acceptors (Lipinski definition) is 3. The molecule has 1 fully saturated rings. The van der Waals surface area contributed by atoms with Gasteiger partial charge >= 0.3 is 5.97 Å². The van der Waals surface area contributed by atoms with Gasteiger partial charge in [-0.1, -0.05) is 25.0 Å². The molecule has 5 heteroatoms. The second-order valence-electron chi connectivity index (χ2n) is 5.65. The van der Waals surface area contributed by atoms with Crippen LogP contribution in [-0.2, 0) is 10.5 Å². The van der Waals surface area contributed by atoms with E-state index in [-0.39, 0.29) is 12.3 Å². The summed E-state index contributed by atoms with van der Waals surface area (Å²) in [5.74, 6) is -0.157. The monoisotopic (exact) mass is 307 g/mol. The summed E-state index contributed by atoms with van der Waals surface area (Å²) in [4.78, 5) is 23.5. The lowest BCUT2D eigenvalue weighted by molar-refractivity contribution is -0.138. The first kappa shape index (κ1) is 15.9. The van der Waals surface area contributed by atoms with Crippen molar-refractivity contribution in [3.8, 4) is 0 Å². The molecule has 2 N–H and O–H groups in total. The predicted molar refractivity (Wildman–Crippen MR) is 84.6 cm³/mol. The van der Waals surface area contributed by atoms with Crippen molar-refractivity contribution in [3.63, 3.8) is 0 Å². The number of carbonyl (C=O) groups excluding carboxylic acids is 1. The molecule has 0 aliphatic heterocycles. The van der Waals surface area contributed by atoms with Gasteiger partial charge < -0.3 is 10.4 Å². The van der Waals surface area contributed by atoms with Crippen molar-refractivity contribution in [2.45, 2.75) is 43.4 Å². The molecular weight excluding hydrogens is 286 g/mol. The molecule has 1 aromatic carbocycles. The zero-order valence-electron chi connectivity index (χ0n) is 12.2. The van der Waals surface area contributed by atoms with Crippen molar-refractivity contribution in [1.82, 2.24) is 5.32 Å². The molecule has 1 amide bonds. The van der Waals surface area contributed by atoms with Crippen LogP contribution in [0.1, 0.15) is 48.0 Å². The zero-order valence-corrected chi connectivity index (χ0v) is 13.0. The first-order valence-electron chi connectivity index (χ1n) is 7.17. The van der Waals surface area contributed by atoms with E-state index in [0.717, 1.165) is 37.0 Å². The number of amides is 1. The number of benzene rings is 1.